The molecule has 4 rings (SSSR count). The minimum absolute atomic E-state index is 0.603. The highest BCUT2D eigenvalue weighted by molar-refractivity contribution is 5.94. The molecule has 0 N–H and O–H groups in total. The zero-order valence-electron chi connectivity index (χ0n) is 17.7. The van der Waals surface area contributed by atoms with Crippen LogP contribution in [0.25, 0.3) is 33.2 Å². The van der Waals surface area contributed by atoms with Crippen molar-refractivity contribution in [2.24, 2.45) is 7.05 Å². The maximum absolute atomic E-state index is 8.51. The quantitative estimate of drug-likeness (QED) is 0.376. The van der Waals surface area contributed by atoms with Crippen molar-refractivity contribution >= 4 is 10.8 Å². The van der Waals surface area contributed by atoms with Crippen LogP contribution >= 0.6 is 0 Å². The van der Waals surface area contributed by atoms with E-state index in [1.54, 1.807) is 0 Å². The molecule has 0 radical (unpaired) electrons. The Morgan fingerprint density at radius 1 is 0.778 bits per heavy atom. The predicted molar refractivity (Wildman–Crippen MR) is 115 cm³/mol. The van der Waals surface area contributed by atoms with Crippen LogP contribution in [0.4, 0.5) is 0 Å². The molecule has 0 bridgehead atoms. The van der Waals surface area contributed by atoms with Crippen LogP contribution in [0.3, 0.4) is 0 Å². The third kappa shape index (κ3) is 2.94. The van der Waals surface area contributed by atoms with Gasteiger partial charge in [0.2, 0.25) is 5.69 Å². The van der Waals surface area contributed by atoms with Crippen molar-refractivity contribution in [2.75, 3.05) is 0 Å². The van der Waals surface area contributed by atoms with Crippen molar-refractivity contribution < 1.29 is 5.94 Å². The predicted octanol–water partition coefficient (Wildman–Crippen LogP) is 6.23. The molecule has 27 heavy (non-hydrogen) atoms. The Labute approximate surface area is 163 Å². The fraction of sp³-hybridized carbons (Fsp3) is 0.192. The van der Waals surface area contributed by atoms with Gasteiger partial charge < -0.3 is 0 Å². The van der Waals surface area contributed by atoms with Gasteiger partial charge >= 0.3 is 0 Å². The Morgan fingerprint density at radius 2 is 1.48 bits per heavy atom. The topological polar surface area (TPSA) is 3.88 Å². The van der Waals surface area contributed by atoms with Gasteiger partial charge in [-0.2, -0.15) is 4.57 Å². The molecule has 0 atom stereocenters. The Morgan fingerprint density at radius 3 is 2.19 bits per heavy atom. The van der Waals surface area contributed by atoms with Crippen molar-refractivity contribution in [1.29, 1.82) is 0 Å². The van der Waals surface area contributed by atoms with Crippen LogP contribution in [0.1, 0.15) is 23.8 Å². The van der Waals surface area contributed by atoms with Gasteiger partial charge in [0.25, 0.3) is 0 Å². The van der Waals surface area contributed by atoms with E-state index < -0.39 is 0 Å². The van der Waals surface area contributed by atoms with E-state index in [4.69, 9.17) is 1.37 Å². The number of fused-ring (bicyclic) bond motifs is 1. The molecular formula is C26H26N+. The molecule has 0 aliphatic carbocycles. The Kier molecular flexibility index (Phi) is 4.01. The highest BCUT2D eigenvalue weighted by Gasteiger charge is 2.20. The lowest BCUT2D eigenvalue weighted by molar-refractivity contribution is -0.665. The van der Waals surface area contributed by atoms with Gasteiger partial charge in [0.05, 0.1) is 6.76 Å². The molecule has 134 valence electrons. The Balaban J connectivity index is 1.98. The SMILES string of the molecule is [2H]c1c(C)[n+](C)c(-c2ccc(-c3c(C)cccc3C)cc2C)c2ccccc12. The molecule has 0 aliphatic rings. The van der Waals surface area contributed by atoms with E-state index in [2.05, 4.69) is 87.0 Å². The van der Waals surface area contributed by atoms with E-state index in [1.807, 2.05) is 13.0 Å². The minimum atomic E-state index is 0.603. The lowest BCUT2D eigenvalue weighted by atomic mass is 9.91. The van der Waals surface area contributed by atoms with Crippen molar-refractivity contribution in [3.8, 4) is 22.4 Å². The monoisotopic (exact) mass is 353 g/mol. The maximum atomic E-state index is 8.51. The molecule has 1 nitrogen and oxygen atoms in total. The molecule has 0 saturated heterocycles. The molecule has 0 unspecified atom stereocenters. The standard InChI is InChI=1S/C26H26N/c1-17-9-8-10-18(2)25(17)22-13-14-23(19(3)15-22)26-24-12-7-6-11-21(24)16-20(4)27(26)5/h6-16H,1-5H3/q+1/i16D. The van der Waals surface area contributed by atoms with Crippen LogP contribution < -0.4 is 4.57 Å². The first-order valence-corrected chi connectivity index (χ1v) is 9.45. The van der Waals surface area contributed by atoms with Gasteiger partial charge in [-0.1, -0.05) is 48.5 Å². The summed E-state index contributed by atoms with van der Waals surface area (Å²) in [6.45, 7) is 8.56. The summed E-state index contributed by atoms with van der Waals surface area (Å²) in [5.74, 6) is 0. The van der Waals surface area contributed by atoms with Crippen LogP contribution in [0.15, 0.2) is 66.7 Å². The number of pyridine rings is 1. The second kappa shape index (κ2) is 6.66. The summed E-state index contributed by atoms with van der Waals surface area (Å²) in [5, 5.41) is 2.13. The molecular weight excluding hydrogens is 326 g/mol. The second-order valence-corrected chi connectivity index (χ2v) is 7.46. The van der Waals surface area contributed by atoms with Gasteiger partial charge in [0.15, 0.2) is 5.69 Å². The van der Waals surface area contributed by atoms with Crippen molar-refractivity contribution in [3.05, 3.63) is 89.1 Å². The smallest absolute Gasteiger partial charge is 0.198 e. The maximum Gasteiger partial charge on any atom is 0.220 e. The van der Waals surface area contributed by atoms with Crippen LogP contribution in [0.2, 0.25) is 0 Å². The van der Waals surface area contributed by atoms with Crippen molar-refractivity contribution in [2.45, 2.75) is 27.7 Å². The summed E-state index contributed by atoms with van der Waals surface area (Å²) < 4.78 is 10.7. The molecule has 3 aromatic carbocycles. The Bertz CT molecular complexity index is 1200. The van der Waals surface area contributed by atoms with Gasteiger partial charge in [-0.05, 0) is 66.1 Å². The fourth-order valence-electron chi connectivity index (χ4n) is 4.11. The van der Waals surface area contributed by atoms with Crippen molar-refractivity contribution in [3.63, 3.8) is 0 Å². The molecule has 0 aliphatic heterocycles. The molecule has 0 amide bonds. The first-order valence-electron chi connectivity index (χ1n) is 9.95. The van der Waals surface area contributed by atoms with E-state index in [9.17, 15) is 0 Å². The van der Waals surface area contributed by atoms with Gasteiger partial charge in [0.1, 0.15) is 7.05 Å². The zero-order valence-corrected chi connectivity index (χ0v) is 16.7. The highest BCUT2D eigenvalue weighted by Crippen LogP contribution is 2.33. The molecule has 0 fully saturated rings. The second-order valence-electron chi connectivity index (χ2n) is 7.46. The van der Waals surface area contributed by atoms with Crippen LogP contribution in [-0.2, 0) is 7.05 Å². The average Bonchev–Trinajstić information content (AvgIpc) is 2.68. The van der Waals surface area contributed by atoms with Crippen molar-refractivity contribution in [1.82, 2.24) is 0 Å². The number of rotatable bonds is 2. The van der Waals surface area contributed by atoms with Crippen LogP contribution in [0.5, 0.6) is 0 Å². The number of aromatic nitrogens is 1. The molecule has 1 aromatic heterocycles. The summed E-state index contributed by atoms with van der Waals surface area (Å²) in [5.41, 5.74) is 9.81. The molecule has 1 heterocycles. The van der Waals surface area contributed by atoms with Crippen LogP contribution in [0, 0.1) is 27.7 Å². The molecule has 0 spiro atoms. The summed E-state index contributed by atoms with van der Waals surface area (Å²) in [7, 11) is 2.06. The fourth-order valence-corrected chi connectivity index (χ4v) is 4.11. The van der Waals surface area contributed by atoms with E-state index in [1.165, 1.54) is 39.1 Å². The third-order valence-electron chi connectivity index (χ3n) is 5.59. The van der Waals surface area contributed by atoms with E-state index >= 15 is 0 Å². The third-order valence-corrected chi connectivity index (χ3v) is 5.59. The minimum Gasteiger partial charge on any atom is -0.198 e. The number of hydrogen-bond donors (Lipinski definition) is 0. The van der Waals surface area contributed by atoms with E-state index in [-0.39, 0.29) is 0 Å². The zero-order chi connectivity index (χ0) is 20.0. The summed E-state index contributed by atoms with van der Waals surface area (Å²) in [4.78, 5) is 0. The first-order chi connectivity index (χ1) is 13.4. The average molecular weight is 354 g/mol. The van der Waals surface area contributed by atoms with Gasteiger partial charge in [-0.25, -0.2) is 0 Å². The first kappa shape index (κ1) is 16.3. The lowest BCUT2D eigenvalue weighted by Crippen LogP contribution is -2.35. The summed E-state index contributed by atoms with van der Waals surface area (Å²) >= 11 is 0. The molecule has 0 saturated carbocycles. The van der Waals surface area contributed by atoms with Crippen LogP contribution in [-0.4, -0.2) is 0 Å². The summed E-state index contributed by atoms with van der Waals surface area (Å²) in [6, 6.07) is 22.1. The van der Waals surface area contributed by atoms with E-state index in [0.29, 0.717) is 6.04 Å². The normalized spacial score (nSPS) is 11.7. The van der Waals surface area contributed by atoms with Gasteiger partial charge in [-0.15, -0.1) is 0 Å². The number of benzene rings is 3. The number of aryl methyl sites for hydroxylation is 3. The number of nitrogens with zero attached hydrogens (tertiary/aromatic N) is 1. The van der Waals surface area contributed by atoms with Gasteiger partial charge in [0, 0.05) is 18.5 Å². The highest BCUT2D eigenvalue weighted by atomic mass is 14.9. The van der Waals surface area contributed by atoms with E-state index in [0.717, 1.165) is 16.5 Å². The summed E-state index contributed by atoms with van der Waals surface area (Å²) in [6.07, 6.45) is 0. The van der Waals surface area contributed by atoms with Gasteiger partial charge in [-0.3, -0.25) is 0 Å². The number of hydrogen-bond acceptors (Lipinski definition) is 0. The lowest BCUT2D eigenvalue weighted by Gasteiger charge is -2.14. The largest absolute Gasteiger partial charge is 0.220 e. The molecule has 1 heteroatoms. The molecule has 4 aromatic rings. The Hall–Kier alpha value is -2.93.